The number of H-pyrrole nitrogens is 1. The lowest BCUT2D eigenvalue weighted by atomic mass is 9.94. The molecule has 1 fully saturated rings. The molecule has 0 aliphatic carbocycles. The van der Waals surface area contributed by atoms with Crippen LogP contribution >= 0.6 is 24.8 Å². The number of nitrogens with zero attached hydrogens (tertiary/aromatic N) is 2. The predicted molar refractivity (Wildman–Crippen MR) is 141 cm³/mol. The average Bonchev–Trinajstić information content (AvgIpc) is 3.36. The first-order valence-electron chi connectivity index (χ1n) is 11.5. The summed E-state index contributed by atoms with van der Waals surface area (Å²) in [6.45, 7) is 6.23. The van der Waals surface area contributed by atoms with E-state index < -0.39 is 0 Å². The van der Waals surface area contributed by atoms with Crippen molar-refractivity contribution in [3.05, 3.63) is 58.7 Å². The van der Waals surface area contributed by atoms with Gasteiger partial charge in [-0.15, -0.1) is 24.8 Å². The number of aromatic nitrogens is 1. The van der Waals surface area contributed by atoms with E-state index in [0.717, 1.165) is 34.4 Å². The number of amides is 1. The Morgan fingerprint density at radius 2 is 1.79 bits per heavy atom. The van der Waals surface area contributed by atoms with Crippen molar-refractivity contribution in [3.63, 3.8) is 0 Å². The summed E-state index contributed by atoms with van der Waals surface area (Å²) in [6.07, 6.45) is 3.98. The van der Waals surface area contributed by atoms with E-state index in [1.807, 2.05) is 0 Å². The van der Waals surface area contributed by atoms with Gasteiger partial charge in [0, 0.05) is 41.3 Å². The lowest BCUT2D eigenvalue weighted by Gasteiger charge is -2.26. The first-order valence-corrected chi connectivity index (χ1v) is 11.5. The van der Waals surface area contributed by atoms with Crippen molar-refractivity contribution < 1.29 is 4.79 Å². The van der Waals surface area contributed by atoms with E-state index in [1.165, 1.54) is 48.9 Å². The quantitative estimate of drug-likeness (QED) is 0.496. The van der Waals surface area contributed by atoms with Crippen molar-refractivity contribution in [1.82, 2.24) is 20.1 Å². The van der Waals surface area contributed by atoms with Crippen LogP contribution in [0.5, 0.6) is 0 Å². The van der Waals surface area contributed by atoms with E-state index in [2.05, 4.69) is 77.5 Å². The van der Waals surface area contributed by atoms with E-state index in [4.69, 9.17) is 0 Å². The molecule has 0 saturated carbocycles. The molecule has 2 aliphatic heterocycles. The number of carbonyl (C=O) groups excluding carboxylic acids is 1. The Hall–Kier alpha value is -2.05. The molecule has 0 bridgehead atoms. The molecule has 1 amide bonds. The number of piperidine rings is 1. The number of aromatic amines is 1. The van der Waals surface area contributed by atoms with E-state index in [0.29, 0.717) is 6.54 Å². The van der Waals surface area contributed by atoms with E-state index >= 15 is 0 Å². The molecule has 2 N–H and O–H groups in total. The predicted octanol–water partition coefficient (Wildman–Crippen LogP) is 5.53. The summed E-state index contributed by atoms with van der Waals surface area (Å²) in [5.41, 5.74) is 7.65. The van der Waals surface area contributed by atoms with Crippen LogP contribution in [-0.4, -0.2) is 47.9 Å². The molecule has 3 heterocycles. The van der Waals surface area contributed by atoms with Gasteiger partial charge < -0.3 is 15.2 Å². The number of rotatable bonds is 5. The standard InChI is InChI=1S/C26H32N4O.2ClH/c1-17(29(2)3)19-12-21-15-27-26(31)25(21)22(13-19)24-14-20-11-18(7-8-23(20)28-24)16-30-9-5-4-6-10-30;;/h7-8,11-14,17,28H,4-6,9-10,15-16H2,1-3H3,(H,27,31);2*1H. The van der Waals surface area contributed by atoms with Gasteiger partial charge in [-0.25, -0.2) is 0 Å². The first kappa shape index (κ1) is 25.6. The van der Waals surface area contributed by atoms with Crippen LogP contribution in [0.15, 0.2) is 36.4 Å². The van der Waals surface area contributed by atoms with Gasteiger partial charge in [-0.2, -0.15) is 0 Å². The highest BCUT2D eigenvalue weighted by atomic mass is 35.5. The van der Waals surface area contributed by atoms with Crippen molar-refractivity contribution in [3.8, 4) is 11.3 Å². The molecule has 1 saturated heterocycles. The fourth-order valence-corrected chi connectivity index (χ4v) is 4.95. The Kier molecular flexibility index (Phi) is 8.12. The zero-order valence-electron chi connectivity index (χ0n) is 19.6. The Balaban J connectivity index is 0.00000153. The molecule has 0 spiro atoms. The van der Waals surface area contributed by atoms with Crippen molar-refractivity contribution in [2.75, 3.05) is 27.2 Å². The number of hydrogen-bond acceptors (Lipinski definition) is 3. The van der Waals surface area contributed by atoms with Gasteiger partial charge in [0.25, 0.3) is 5.91 Å². The maximum atomic E-state index is 12.6. The monoisotopic (exact) mass is 488 g/mol. The maximum absolute atomic E-state index is 12.6. The van der Waals surface area contributed by atoms with Gasteiger partial charge in [-0.05, 0) is 87.9 Å². The van der Waals surface area contributed by atoms with Gasteiger partial charge in [-0.3, -0.25) is 9.69 Å². The zero-order chi connectivity index (χ0) is 21.5. The van der Waals surface area contributed by atoms with Crippen LogP contribution < -0.4 is 5.32 Å². The van der Waals surface area contributed by atoms with Crippen LogP contribution in [0.4, 0.5) is 0 Å². The highest BCUT2D eigenvalue weighted by molar-refractivity contribution is 6.05. The number of halogens is 2. The third-order valence-corrected chi connectivity index (χ3v) is 7.00. The maximum Gasteiger partial charge on any atom is 0.252 e. The summed E-state index contributed by atoms with van der Waals surface area (Å²) in [4.78, 5) is 21.0. The lowest BCUT2D eigenvalue weighted by Crippen LogP contribution is -2.28. The van der Waals surface area contributed by atoms with Crippen molar-refractivity contribution >= 4 is 41.6 Å². The largest absolute Gasteiger partial charge is 0.355 e. The van der Waals surface area contributed by atoms with Crippen LogP contribution in [0, 0.1) is 0 Å². The van der Waals surface area contributed by atoms with Crippen LogP contribution in [0.3, 0.4) is 0 Å². The molecule has 5 nitrogen and oxygen atoms in total. The fourth-order valence-electron chi connectivity index (χ4n) is 4.95. The normalized spacial score (nSPS) is 16.8. The molecule has 178 valence electrons. The molecule has 2 aromatic carbocycles. The van der Waals surface area contributed by atoms with Crippen molar-refractivity contribution in [2.24, 2.45) is 0 Å². The Morgan fingerprint density at radius 3 is 2.52 bits per heavy atom. The second kappa shape index (κ2) is 10.5. The minimum atomic E-state index is 0. The van der Waals surface area contributed by atoms with Crippen LogP contribution in [0.25, 0.3) is 22.2 Å². The Morgan fingerprint density at radius 1 is 1.03 bits per heavy atom. The molecule has 3 aromatic rings. The van der Waals surface area contributed by atoms with Crippen LogP contribution in [0.1, 0.15) is 59.3 Å². The number of likely N-dealkylation sites (tertiary alicyclic amines) is 1. The summed E-state index contributed by atoms with van der Waals surface area (Å²) in [6, 6.07) is 13.6. The van der Waals surface area contributed by atoms with Gasteiger partial charge in [-0.1, -0.05) is 18.6 Å². The van der Waals surface area contributed by atoms with Gasteiger partial charge in [0.15, 0.2) is 0 Å². The SMILES string of the molecule is CC(c1cc2c(c(-c3cc4cc(CN5CCCCC5)ccc4[nH]3)c1)C(=O)NC2)N(C)C.Cl.Cl. The molecule has 2 aliphatic rings. The lowest BCUT2D eigenvalue weighted by molar-refractivity contribution is 0.0966. The van der Waals surface area contributed by atoms with Crippen molar-refractivity contribution in [2.45, 2.75) is 45.3 Å². The zero-order valence-corrected chi connectivity index (χ0v) is 21.2. The molecule has 33 heavy (non-hydrogen) atoms. The van der Waals surface area contributed by atoms with Gasteiger partial charge >= 0.3 is 0 Å². The molecule has 0 radical (unpaired) electrons. The first-order chi connectivity index (χ1) is 15.0. The average molecular weight is 489 g/mol. The third kappa shape index (κ3) is 5.07. The highest BCUT2D eigenvalue weighted by Crippen LogP contribution is 2.35. The smallest absolute Gasteiger partial charge is 0.252 e. The van der Waals surface area contributed by atoms with Gasteiger partial charge in [0.2, 0.25) is 0 Å². The number of fused-ring (bicyclic) bond motifs is 2. The number of hydrogen-bond donors (Lipinski definition) is 2. The molecule has 7 heteroatoms. The highest BCUT2D eigenvalue weighted by Gasteiger charge is 2.26. The molecular formula is C26H34Cl2N4O. The van der Waals surface area contributed by atoms with Gasteiger partial charge in [0.05, 0.1) is 5.56 Å². The second-order valence-corrected chi connectivity index (χ2v) is 9.37. The third-order valence-electron chi connectivity index (χ3n) is 7.00. The molecule has 1 atom stereocenters. The minimum Gasteiger partial charge on any atom is -0.355 e. The second-order valence-electron chi connectivity index (χ2n) is 9.37. The molecular weight excluding hydrogens is 455 g/mol. The number of carbonyl (C=O) groups is 1. The molecule has 1 aromatic heterocycles. The van der Waals surface area contributed by atoms with Crippen molar-refractivity contribution in [1.29, 1.82) is 0 Å². The van der Waals surface area contributed by atoms with E-state index in [-0.39, 0.29) is 36.8 Å². The summed E-state index contributed by atoms with van der Waals surface area (Å²) >= 11 is 0. The van der Waals surface area contributed by atoms with Crippen LogP contribution in [-0.2, 0) is 13.1 Å². The summed E-state index contributed by atoms with van der Waals surface area (Å²) in [7, 11) is 4.18. The summed E-state index contributed by atoms with van der Waals surface area (Å²) < 4.78 is 0. The number of nitrogens with one attached hydrogen (secondary N) is 2. The van der Waals surface area contributed by atoms with E-state index in [1.54, 1.807) is 0 Å². The topological polar surface area (TPSA) is 51.4 Å². The fraction of sp³-hybridized carbons (Fsp3) is 0.423. The Bertz CT molecular complexity index is 1130. The molecule has 1 unspecified atom stereocenters. The van der Waals surface area contributed by atoms with E-state index in [9.17, 15) is 4.79 Å². The molecule has 5 rings (SSSR count). The number of benzene rings is 2. The summed E-state index contributed by atoms with van der Waals surface area (Å²) in [5, 5.41) is 4.22. The van der Waals surface area contributed by atoms with Gasteiger partial charge in [0.1, 0.15) is 0 Å². The van der Waals surface area contributed by atoms with Crippen LogP contribution in [0.2, 0.25) is 0 Å². The minimum absolute atomic E-state index is 0. The Labute approximate surface area is 208 Å². The summed E-state index contributed by atoms with van der Waals surface area (Å²) in [5.74, 6) is 0.0264.